The lowest BCUT2D eigenvalue weighted by atomic mass is 10.1. The van der Waals surface area contributed by atoms with Gasteiger partial charge >= 0.3 is 0 Å². The second kappa shape index (κ2) is 4.90. The lowest BCUT2D eigenvalue weighted by Crippen LogP contribution is -2.13. The summed E-state index contributed by atoms with van der Waals surface area (Å²) in [6.07, 6.45) is 1.72. The van der Waals surface area contributed by atoms with E-state index in [1.807, 2.05) is 31.2 Å². The van der Waals surface area contributed by atoms with E-state index in [4.69, 9.17) is 5.73 Å². The Morgan fingerprint density at radius 3 is 2.90 bits per heavy atom. The number of benzene rings is 1. The number of fused-ring (bicyclic) bond motifs is 1. The fourth-order valence-electron chi connectivity index (χ4n) is 1.96. The van der Waals surface area contributed by atoms with Crippen LogP contribution >= 0.6 is 11.3 Å². The lowest BCUT2D eigenvalue weighted by molar-refractivity contribution is 0.102. The monoisotopic (exact) mass is 284 g/mol. The number of nitrogens with zero attached hydrogens (tertiary/aromatic N) is 2. The number of carbonyl (C=O) groups excluding carboxylic acids is 1. The number of hydrogen-bond acceptors (Lipinski definition) is 5. The number of para-hydroxylation sites is 1. The van der Waals surface area contributed by atoms with Gasteiger partial charge in [0.05, 0.1) is 11.1 Å². The highest BCUT2D eigenvalue weighted by atomic mass is 32.1. The number of aryl methyl sites for hydroxylation is 1. The smallest absolute Gasteiger partial charge is 0.258 e. The molecule has 3 aromatic rings. The zero-order chi connectivity index (χ0) is 14.1. The van der Waals surface area contributed by atoms with Crippen LogP contribution in [0.4, 0.5) is 10.9 Å². The van der Waals surface area contributed by atoms with Crippen LogP contribution in [0.1, 0.15) is 15.2 Å². The number of anilines is 2. The van der Waals surface area contributed by atoms with Crippen molar-refractivity contribution in [1.29, 1.82) is 0 Å². The number of pyridine rings is 1. The molecule has 0 saturated heterocycles. The number of aromatic nitrogens is 2. The highest BCUT2D eigenvalue weighted by molar-refractivity contribution is 7.15. The molecule has 2 aromatic heterocycles. The van der Waals surface area contributed by atoms with Crippen molar-refractivity contribution >= 4 is 39.1 Å². The molecule has 1 aromatic carbocycles. The van der Waals surface area contributed by atoms with Crippen LogP contribution in [0.3, 0.4) is 0 Å². The third-order valence-electron chi connectivity index (χ3n) is 2.82. The average Bonchev–Trinajstić information content (AvgIpc) is 2.83. The lowest BCUT2D eigenvalue weighted by Gasteiger charge is -2.07. The molecule has 0 unspecified atom stereocenters. The number of rotatable bonds is 2. The van der Waals surface area contributed by atoms with Crippen molar-refractivity contribution in [1.82, 2.24) is 9.97 Å². The molecule has 6 heteroatoms. The number of amides is 1. The third kappa shape index (κ3) is 2.33. The number of nitrogen functional groups attached to an aromatic ring is 1. The van der Waals surface area contributed by atoms with Gasteiger partial charge in [0.25, 0.3) is 5.91 Å². The molecule has 3 rings (SSSR count). The van der Waals surface area contributed by atoms with E-state index in [0.29, 0.717) is 22.0 Å². The van der Waals surface area contributed by atoms with Crippen molar-refractivity contribution in [2.75, 3.05) is 11.1 Å². The maximum atomic E-state index is 12.4. The van der Waals surface area contributed by atoms with Crippen LogP contribution in [0.5, 0.6) is 0 Å². The summed E-state index contributed by atoms with van der Waals surface area (Å²) in [5, 5.41) is 4.13. The van der Waals surface area contributed by atoms with Crippen molar-refractivity contribution in [3.05, 3.63) is 47.0 Å². The quantitative estimate of drug-likeness (QED) is 0.758. The Labute approximate surface area is 119 Å². The van der Waals surface area contributed by atoms with Gasteiger partial charge in [-0.15, -0.1) is 11.3 Å². The molecule has 100 valence electrons. The van der Waals surface area contributed by atoms with Crippen LogP contribution in [0, 0.1) is 6.92 Å². The predicted octanol–water partition coefficient (Wildman–Crippen LogP) is 2.83. The summed E-state index contributed by atoms with van der Waals surface area (Å²) in [5.41, 5.74) is 6.96. The van der Waals surface area contributed by atoms with Crippen LogP contribution in [0.25, 0.3) is 10.9 Å². The fraction of sp³-hybridized carbons (Fsp3) is 0.0714. The summed E-state index contributed by atoms with van der Waals surface area (Å²) in [6.45, 7) is 1.94. The molecule has 0 aliphatic carbocycles. The van der Waals surface area contributed by atoms with E-state index in [-0.39, 0.29) is 5.91 Å². The normalized spacial score (nSPS) is 10.7. The molecule has 1 amide bonds. The molecule has 0 aliphatic rings. The van der Waals surface area contributed by atoms with Gasteiger partial charge in [-0.25, -0.2) is 9.97 Å². The number of nitrogens with two attached hydrogens (primary N) is 1. The molecular weight excluding hydrogens is 272 g/mol. The van der Waals surface area contributed by atoms with Gasteiger partial charge in [0, 0.05) is 16.5 Å². The van der Waals surface area contributed by atoms with E-state index in [1.54, 1.807) is 12.3 Å². The first-order chi connectivity index (χ1) is 9.63. The molecule has 0 radical (unpaired) electrons. The molecule has 20 heavy (non-hydrogen) atoms. The summed E-state index contributed by atoms with van der Waals surface area (Å²) in [4.78, 5) is 21.7. The summed E-state index contributed by atoms with van der Waals surface area (Å²) >= 11 is 1.43. The first kappa shape index (κ1) is 12.6. The molecule has 2 heterocycles. The average molecular weight is 284 g/mol. The second-order valence-electron chi connectivity index (χ2n) is 4.34. The van der Waals surface area contributed by atoms with Gasteiger partial charge in [-0.1, -0.05) is 18.2 Å². The van der Waals surface area contributed by atoms with Crippen LogP contribution in [0.15, 0.2) is 36.5 Å². The van der Waals surface area contributed by atoms with Crippen LogP contribution in [-0.4, -0.2) is 15.9 Å². The minimum atomic E-state index is -0.232. The van der Waals surface area contributed by atoms with Crippen LogP contribution in [-0.2, 0) is 0 Å². The van der Waals surface area contributed by atoms with Gasteiger partial charge in [-0.05, 0) is 19.1 Å². The van der Waals surface area contributed by atoms with Gasteiger partial charge in [0.1, 0.15) is 5.82 Å². The van der Waals surface area contributed by atoms with E-state index in [1.165, 1.54) is 11.3 Å². The predicted molar refractivity (Wildman–Crippen MR) is 81.0 cm³/mol. The van der Waals surface area contributed by atoms with Crippen molar-refractivity contribution in [3.8, 4) is 0 Å². The Morgan fingerprint density at radius 2 is 2.15 bits per heavy atom. The van der Waals surface area contributed by atoms with Gasteiger partial charge in [0.2, 0.25) is 0 Å². The van der Waals surface area contributed by atoms with E-state index in [2.05, 4.69) is 15.3 Å². The van der Waals surface area contributed by atoms with Gasteiger partial charge < -0.3 is 5.73 Å². The van der Waals surface area contributed by atoms with Crippen LogP contribution < -0.4 is 11.1 Å². The SMILES string of the molecule is Cc1cnc(NC(=O)c2cc(N)nc3ccccc23)s1. The highest BCUT2D eigenvalue weighted by Gasteiger charge is 2.13. The minimum absolute atomic E-state index is 0.232. The van der Waals surface area contributed by atoms with Gasteiger partial charge in [-0.2, -0.15) is 0 Å². The molecule has 5 nitrogen and oxygen atoms in total. The molecule has 3 N–H and O–H groups in total. The number of nitrogens with one attached hydrogen (secondary N) is 1. The molecule has 0 saturated carbocycles. The summed E-state index contributed by atoms with van der Waals surface area (Å²) in [7, 11) is 0. The minimum Gasteiger partial charge on any atom is -0.384 e. The van der Waals surface area contributed by atoms with E-state index >= 15 is 0 Å². The molecule has 0 atom stereocenters. The molecule has 0 aliphatic heterocycles. The van der Waals surface area contributed by atoms with Gasteiger partial charge in [-0.3, -0.25) is 10.1 Å². The summed E-state index contributed by atoms with van der Waals surface area (Å²) < 4.78 is 0. The van der Waals surface area contributed by atoms with Crippen molar-refractivity contribution in [3.63, 3.8) is 0 Å². The number of hydrogen-bond donors (Lipinski definition) is 2. The topological polar surface area (TPSA) is 80.9 Å². The van der Waals surface area contributed by atoms with Crippen molar-refractivity contribution in [2.45, 2.75) is 6.92 Å². The van der Waals surface area contributed by atoms with Crippen LogP contribution in [0.2, 0.25) is 0 Å². The van der Waals surface area contributed by atoms with Gasteiger partial charge in [0.15, 0.2) is 5.13 Å². The Hall–Kier alpha value is -2.47. The Balaban J connectivity index is 2.02. The maximum absolute atomic E-state index is 12.4. The maximum Gasteiger partial charge on any atom is 0.258 e. The highest BCUT2D eigenvalue weighted by Crippen LogP contribution is 2.22. The summed E-state index contributed by atoms with van der Waals surface area (Å²) in [5.74, 6) is 0.0915. The van der Waals surface area contributed by atoms with E-state index < -0.39 is 0 Å². The Kier molecular flexibility index (Phi) is 3.08. The first-order valence-electron chi connectivity index (χ1n) is 6.02. The standard InChI is InChI=1S/C14H12N4OS/c1-8-7-16-14(20-8)18-13(19)10-6-12(15)17-11-5-3-2-4-9(10)11/h2-7H,1H3,(H2,15,17)(H,16,18,19). The number of thiazole rings is 1. The largest absolute Gasteiger partial charge is 0.384 e. The van der Waals surface area contributed by atoms with E-state index in [9.17, 15) is 4.79 Å². The summed E-state index contributed by atoms with van der Waals surface area (Å²) in [6, 6.07) is 8.99. The zero-order valence-electron chi connectivity index (χ0n) is 10.8. The fourth-order valence-corrected chi connectivity index (χ4v) is 2.62. The molecule has 0 fully saturated rings. The zero-order valence-corrected chi connectivity index (χ0v) is 11.6. The Bertz CT molecular complexity index is 797. The van der Waals surface area contributed by atoms with Crippen molar-refractivity contribution < 1.29 is 4.79 Å². The Morgan fingerprint density at radius 1 is 1.35 bits per heavy atom. The van der Waals surface area contributed by atoms with E-state index in [0.717, 1.165) is 10.3 Å². The third-order valence-corrected chi connectivity index (χ3v) is 3.65. The van der Waals surface area contributed by atoms with Crippen molar-refractivity contribution in [2.24, 2.45) is 0 Å². The number of carbonyl (C=O) groups is 1. The molecule has 0 bridgehead atoms. The second-order valence-corrected chi connectivity index (χ2v) is 5.58. The molecule has 0 spiro atoms. The first-order valence-corrected chi connectivity index (χ1v) is 6.84. The molecular formula is C14H12N4OS.